The Morgan fingerprint density at radius 2 is 1.90 bits per heavy atom. The SMILES string of the molecule is CC[C@H](C(=O)Nc1ccc(OC)c(Cl)c1)n1nc(-c2ccc(C)cc2)ccc1=O. The molecule has 3 rings (SSSR count). The maximum atomic E-state index is 12.9. The molecule has 0 unspecified atom stereocenters. The van der Waals surface area contributed by atoms with Gasteiger partial charge in [-0.2, -0.15) is 5.10 Å². The van der Waals surface area contributed by atoms with Crippen LogP contribution in [-0.4, -0.2) is 22.8 Å². The van der Waals surface area contributed by atoms with Crippen molar-refractivity contribution in [3.8, 4) is 17.0 Å². The number of amides is 1. The molecule has 2 aromatic carbocycles. The number of hydrogen-bond donors (Lipinski definition) is 1. The molecule has 29 heavy (non-hydrogen) atoms. The fourth-order valence-corrected chi connectivity index (χ4v) is 3.22. The van der Waals surface area contributed by atoms with Gasteiger partial charge >= 0.3 is 0 Å². The standard InChI is InChI=1S/C22H22ClN3O3/c1-4-19(22(28)24-16-9-11-20(29-3)17(23)13-16)26-21(27)12-10-18(25-26)15-7-5-14(2)6-8-15/h5-13,19H,4H2,1-3H3,(H,24,28)/t19-/m1/s1. The maximum Gasteiger partial charge on any atom is 0.267 e. The number of nitrogens with zero attached hydrogens (tertiary/aromatic N) is 2. The molecule has 0 saturated carbocycles. The van der Waals surface area contributed by atoms with Crippen molar-refractivity contribution in [2.45, 2.75) is 26.3 Å². The van der Waals surface area contributed by atoms with Crippen molar-refractivity contribution < 1.29 is 9.53 Å². The fourth-order valence-electron chi connectivity index (χ4n) is 2.97. The Morgan fingerprint density at radius 1 is 1.17 bits per heavy atom. The fraction of sp³-hybridized carbons (Fsp3) is 0.227. The number of aryl methyl sites for hydroxylation is 1. The number of hydrogen-bond acceptors (Lipinski definition) is 4. The largest absolute Gasteiger partial charge is 0.495 e. The highest BCUT2D eigenvalue weighted by Gasteiger charge is 2.22. The molecule has 0 bridgehead atoms. The van der Waals surface area contributed by atoms with Crippen LogP contribution in [-0.2, 0) is 4.79 Å². The van der Waals surface area contributed by atoms with Gasteiger partial charge in [0, 0.05) is 17.3 Å². The van der Waals surface area contributed by atoms with E-state index in [9.17, 15) is 9.59 Å². The van der Waals surface area contributed by atoms with Crippen molar-refractivity contribution in [2.24, 2.45) is 0 Å². The molecular formula is C22H22ClN3O3. The van der Waals surface area contributed by atoms with Gasteiger partial charge in [-0.05, 0) is 37.6 Å². The molecule has 0 aliphatic heterocycles. The smallest absolute Gasteiger partial charge is 0.267 e. The summed E-state index contributed by atoms with van der Waals surface area (Å²) >= 11 is 6.12. The number of ether oxygens (including phenoxy) is 1. The van der Waals surface area contributed by atoms with Crippen molar-refractivity contribution in [1.29, 1.82) is 0 Å². The lowest BCUT2D eigenvalue weighted by molar-refractivity contribution is -0.119. The Morgan fingerprint density at radius 3 is 2.52 bits per heavy atom. The predicted molar refractivity (Wildman–Crippen MR) is 115 cm³/mol. The van der Waals surface area contributed by atoms with Crippen LogP contribution >= 0.6 is 11.6 Å². The summed E-state index contributed by atoms with van der Waals surface area (Å²) in [4.78, 5) is 25.3. The van der Waals surface area contributed by atoms with Gasteiger partial charge < -0.3 is 10.1 Å². The van der Waals surface area contributed by atoms with E-state index < -0.39 is 6.04 Å². The maximum absolute atomic E-state index is 12.9. The molecule has 1 atom stereocenters. The molecule has 0 aliphatic rings. The van der Waals surface area contributed by atoms with Gasteiger partial charge in [0.25, 0.3) is 5.56 Å². The third-order valence-corrected chi connectivity index (χ3v) is 4.87. The third kappa shape index (κ3) is 4.66. The normalized spacial score (nSPS) is 11.7. The lowest BCUT2D eigenvalue weighted by atomic mass is 10.1. The van der Waals surface area contributed by atoms with Crippen LogP contribution < -0.4 is 15.6 Å². The second-order valence-electron chi connectivity index (χ2n) is 6.63. The highest BCUT2D eigenvalue weighted by molar-refractivity contribution is 6.32. The van der Waals surface area contributed by atoms with Gasteiger partial charge in [-0.15, -0.1) is 0 Å². The van der Waals surface area contributed by atoms with E-state index in [1.54, 1.807) is 24.3 Å². The molecule has 0 fully saturated rings. The minimum atomic E-state index is -0.756. The molecule has 6 nitrogen and oxygen atoms in total. The molecule has 7 heteroatoms. The van der Waals surface area contributed by atoms with Gasteiger partial charge in [-0.25, -0.2) is 4.68 Å². The van der Waals surface area contributed by atoms with Crippen LogP contribution in [0.15, 0.2) is 59.4 Å². The molecule has 0 radical (unpaired) electrons. The Hall–Kier alpha value is -3.12. The molecule has 150 valence electrons. The lowest BCUT2D eigenvalue weighted by Crippen LogP contribution is -2.34. The number of carbonyl (C=O) groups excluding carboxylic acids is 1. The molecule has 0 saturated heterocycles. The predicted octanol–water partition coefficient (Wildman–Crippen LogP) is 4.47. The Bertz CT molecular complexity index is 1080. The first-order valence-electron chi connectivity index (χ1n) is 9.24. The molecule has 1 amide bonds. The first-order chi connectivity index (χ1) is 13.9. The summed E-state index contributed by atoms with van der Waals surface area (Å²) in [6.07, 6.45) is 0.403. The van der Waals surface area contributed by atoms with Gasteiger partial charge in [0.15, 0.2) is 0 Å². The number of benzene rings is 2. The van der Waals surface area contributed by atoms with E-state index in [0.29, 0.717) is 28.6 Å². The van der Waals surface area contributed by atoms with Gasteiger partial charge in [0.05, 0.1) is 17.8 Å². The molecule has 1 aromatic heterocycles. The molecular weight excluding hydrogens is 390 g/mol. The zero-order chi connectivity index (χ0) is 21.0. The second kappa shape index (κ2) is 8.92. The number of nitrogens with one attached hydrogen (secondary N) is 1. The van der Waals surface area contributed by atoms with Gasteiger partial charge in [-0.1, -0.05) is 48.4 Å². The number of methoxy groups -OCH3 is 1. The number of halogens is 1. The van der Waals surface area contributed by atoms with E-state index >= 15 is 0 Å². The Labute approximate surface area is 174 Å². The summed E-state index contributed by atoms with van der Waals surface area (Å²) in [7, 11) is 1.52. The van der Waals surface area contributed by atoms with E-state index in [2.05, 4.69) is 10.4 Å². The van der Waals surface area contributed by atoms with E-state index in [1.807, 2.05) is 38.1 Å². The highest BCUT2D eigenvalue weighted by Crippen LogP contribution is 2.27. The van der Waals surface area contributed by atoms with Crippen molar-refractivity contribution in [2.75, 3.05) is 12.4 Å². The Kier molecular flexibility index (Phi) is 6.34. The second-order valence-corrected chi connectivity index (χ2v) is 7.04. The van der Waals surface area contributed by atoms with Crippen LogP contribution in [0, 0.1) is 6.92 Å². The number of carbonyl (C=O) groups is 1. The molecule has 0 aliphatic carbocycles. The summed E-state index contributed by atoms with van der Waals surface area (Å²) in [5, 5.41) is 7.63. The quantitative estimate of drug-likeness (QED) is 0.649. The topological polar surface area (TPSA) is 73.2 Å². The van der Waals surface area contributed by atoms with Gasteiger partial charge in [0.1, 0.15) is 11.8 Å². The van der Waals surface area contributed by atoms with Crippen LogP contribution in [0.2, 0.25) is 5.02 Å². The van der Waals surface area contributed by atoms with Gasteiger partial charge in [0.2, 0.25) is 5.91 Å². The summed E-state index contributed by atoms with van der Waals surface area (Å²) in [6, 6.07) is 15.1. The van der Waals surface area contributed by atoms with Crippen LogP contribution in [0.25, 0.3) is 11.3 Å². The minimum Gasteiger partial charge on any atom is -0.495 e. The molecule has 1 N–H and O–H groups in total. The minimum absolute atomic E-state index is 0.337. The van der Waals surface area contributed by atoms with Crippen LogP contribution in [0.3, 0.4) is 0 Å². The molecule has 0 spiro atoms. The summed E-state index contributed by atoms with van der Waals surface area (Å²) in [6.45, 7) is 3.83. The third-order valence-electron chi connectivity index (χ3n) is 4.58. The van der Waals surface area contributed by atoms with Crippen molar-refractivity contribution in [3.05, 3.63) is 75.5 Å². The highest BCUT2D eigenvalue weighted by atomic mass is 35.5. The van der Waals surface area contributed by atoms with Crippen LogP contribution in [0.5, 0.6) is 5.75 Å². The lowest BCUT2D eigenvalue weighted by Gasteiger charge is -2.18. The first kappa shape index (κ1) is 20.6. The summed E-state index contributed by atoms with van der Waals surface area (Å²) in [5.41, 5.74) is 2.81. The van der Waals surface area contributed by atoms with Gasteiger partial charge in [-0.3, -0.25) is 9.59 Å². The average Bonchev–Trinajstić information content (AvgIpc) is 2.71. The zero-order valence-electron chi connectivity index (χ0n) is 16.5. The van der Waals surface area contributed by atoms with Crippen molar-refractivity contribution >= 4 is 23.2 Å². The van der Waals surface area contributed by atoms with Crippen LogP contribution in [0.1, 0.15) is 24.9 Å². The average molecular weight is 412 g/mol. The number of aromatic nitrogens is 2. The monoisotopic (exact) mass is 411 g/mol. The molecule has 1 heterocycles. The van der Waals surface area contributed by atoms with E-state index in [0.717, 1.165) is 11.1 Å². The summed E-state index contributed by atoms with van der Waals surface area (Å²) in [5.74, 6) is 0.171. The zero-order valence-corrected chi connectivity index (χ0v) is 17.2. The van der Waals surface area contributed by atoms with E-state index in [1.165, 1.54) is 17.9 Å². The van der Waals surface area contributed by atoms with E-state index in [4.69, 9.17) is 16.3 Å². The first-order valence-corrected chi connectivity index (χ1v) is 9.62. The number of rotatable bonds is 6. The van der Waals surface area contributed by atoms with E-state index in [-0.39, 0.29) is 11.5 Å². The van der Waals surface area contributed by atoms with Crippen molar-refractivity contribution in [3.63, 3.8) is 0 Å². The van der Waals surface area contributed by atoms with Crippen molar-refractivity contribution in [1.82, 2.24) is 9.78 Å². The number of anilines is 1. The van der Waals surface area contributed by atoms with Crippen LogP contribution in [0.4, 0.5) is 5.69 Å². The molecule has 3 aromatic rings. The summed E-state index contributed by atoms with van der Waals surface area (Å²) < 4.78 is 6.35. The Balaban J connectivity index is 1.89.